The zero-order valence-corrected chi connectivity index (χ0v) is 13.9. The molecule has 5 nitrogen and oxygen atoms in total. The zero-order valence-electron chi connectivity index (χ0n) is 13.9. The molecule has 0 bridgehead atoms. The van der Waals surface area contributed by atoms with E-state index in [9.17, 15) is 4.79 Å². The molecule has 24 heavy (non-hydrogen) atoms. The lowest BCUT2D eigenvalue weighted by molar-refractivity contribution is -0.117. The zero-order chi connectivity index (χ0) is 16.5. The quantitative estimate of drug-likeness (QED) is 0.939. The fraction of sp³-hybridized carbons (Fsp3) is 0.421. The Morgan fingerprint density at radius 1 is 1.12 bits per heavy atom. The highest BCUT2D eigenvalue weighted by Gasteiger charge is 2.45. The maximum Gasteiger partial charge on any atom is 0.228 e. The molecule has 1 amide bonds. The van der Waals surface area contributed by atoms with Crippen LogP contribution in [-0.2, 0) is 4.79 Å². The Bertz CT molecular complexity index is 688. The second-order valence-electron chi connectivity index (χ2n) is 6.79. The second kappa shape index (κ2) is 6.32. The highest BCUT2D eigenvalue weighted by atomic mass is 16.3. The van der Waals surface area contributed by atoms with E-state index in [0.717, 1.165) is 44.0 Å². The van der Waals surface area contributed by atoms with Gasteiger partial charge in [-0.25, -0.2) is 0 Å². The van der Waals surface area contributed by atoms with Gasteiger partial charge in [0.15, 0.2) is 0 Å². The molecule has 1 saturated heterocycles. The normalized spacial score (nSPS) is 24.0. The van der Waals surface area contributed by atoms with Crippen molar-refractivity contribution in [1.29, 1.82) is 0 Å². The first kappa shape index (κ1) is 15.3. The molecule has 2 heterocycles. The number of piperazine rings is 1. The smallest absolute Gasteiger partial charge is 0.228 e. The predicted octanol–water partition coefficient (Wildman–Crippen LogP) is 2.77. The number of hydrogen-bond acceptors (Lipinski definition) is 4. The number of nitrogens with zero attached hydrogens (tertiary/aromatic N) is 2. The molecule has 1 aliphatic heterocycles. The molecule has 2 aromatic rings. The van der Waals surface area contributed by atoms with Gasteiger partial charge in [0.25, 0.3) is 0 Å². The minimum atomic E-state index is 0.0356. The molecule has 1 aromatic carbocycles. The molecule has 4 rings (SSSR count). The van der Waals surface area contributed by atoms with Crippen molar-refractivity contribution in [2.75, 3.05) is 43.4 Å². The Morgan fingerprint density at radius 3 is 2.54 bits per heavy atom. The van der Waals surface area contributed by atoms with Crippen molar-refractivity contribution < 1.29 is 9.21 Å². The number of hydrogen-bond donors (Lipinski definition) is 1. The van der Waals surface area contributed by atoms with Crippen LogP contribution < -0.4 is 10.2 Å². The molecule has 1 saturated carbocycles. The van der Waals surface area contributed by atoms with Gasteiger partial charge in [-0.15, -0.1) is 0 Å². The summed E-state index contributed by atoms with van der Waals surface area (Å²) >= 11 is 0. The predicted molar refractivity (Wildman–Crippen MR) is 94.3 cm³/mol. The topological polar surface area (TPSA) is 48.7 Å². The SMILES string of the molecule is CN1CCN(c2ccc(NC(=O)[C@H]3C[C@@H]3c3ccco3)cc2)CC1. The number of amides is 1. The summed E-state index contributed by atoms with van der Waals surface area (Å²) in [5.74, 6) is 1.28. The number of furan rings is 1. The van der Waals surface area contributed by atoms with Gasteiger partial charge >= 0.3 is 0 Å². The number of rotatable bonds is 4. The number of benzene rings is 1. The van der Waals surface area contributed by atoms with Crippen LogP contribution in [0.5, 0.6) is 0 Å². The van der Waals surface area contributed by atoms with E-state index < -0.39 is 0 Å². The first-order valence-electron chi connectivity index (χ1n) is 8.58. The van der Waals surface area contributed by atoms with E-state index in [4.69, 9.17) is 4.42 Å². The van der Waals surface area contributed by atoms with Gasteiger partial charge in [0.05, 0.1) is 6.26 Å². The van der Waals surface area contributed by atoms with E-state index >= 15 is 0 Å². The largest absolute Gasteiger partial charge is 0.469 e. The summed E-state index contributed by atoms with van der Waals surface area (Å²) in [6, 6.07) is 12.0. The molecule has 2 aliphatic rings. The van der Waals surface area contributed by atoms with E-state index in [1.165, 1.54) is 5.69 Å². The first-order chi connectivity index (χ1) is 11.7. The van der Waals surface area contributed by atoms with Crippen molar-refractivity contribution in [1.82, 2.24) is 4.90 Å². The lowest BCUT2D eigenvalue weighted by Gasteiger charge is -2.34. The third-order valence-electron chi connectivity index (χ3n) is 5.04. The number of carbonyl (C=O) groups excluding carboxylic acids is 1. The molecule has 1 N–H and O–H groups in total. The van der Waals surface area contributed by atoms with E-state index in [2.05, 4.69) is 34.3 Å². The van der Waals surface area contributed by atoms with Crippen LogP contribution >= 0.6 is 0 Å². The molecular weight excluding hydrogens is 302 g/mol. The van der Waals surface area contributed by atoms with E-state index in [0.29, 0.717) is 0 Å². The van der Waals surface area contributed by atoms with Gasteiger partial charge in [0.2, 0.25) is 5.91 Å². The van der Waals surface area contributed by atoms with E-state index in [-0.39, 0.29) is 17.7 Å². The van der Waals surface area contributed by atoms with Gasteiger partial charge < -0.3 is 19.5 Å². The van der Waals surface area contributed by atoms with Crippen molar-refractivity contribution in [2.45, 2.75) is 12.3 Å². The summed E-state index contributed by atoms with van der Waals surface area (Å²) in [7, 11) is 2.16. The Hall–Kier alpha value is -2.27. The monoisotopic (exact) mass is 325 g/mol. The molecule has 5 heteroatoms. The summed E-state index contributed by atoms with van der Waals surface area (Å²) in [5, 5.41) is 3.03. The minimum Gasteiger partial charge on any atom is -0.469 e. The van der Waals surface area contributed by atoms with Crippen LogP contribution in [-0.4, -0.2) is 44.0 Å². The number of nitrogens with one attached hydrogen (secondary N) is 1. The van der Waals surface area contributed by atoms with Crippen LogP contribution in [0, 0.1) is 5.92 Å². The van der Waals surface area contributed by atoms with Gasteiger partial charge in [0, 0.05) is 49.4 Å². The van der Waals surface area contributed by atoms with Crippen LogP contribution in [0.4, 0.5) is 11.4 Å². The molecular formula is C19H23N3O2. The molecule has 1 aliphatic carbocycles. The molecule has 0 unspecified atom stereocenters. The van der Waals surface area contributed by atoms with Crippen LogP contribution in [0.3, 0.4) is 0 Å². The lowest BCUT2D eigenvalue weighted by Crippen LogP contribution is -2.44. The molecule has 2 fully saturated rings. The molecule has 2 atom stereocenters. The second-order valence-corrected chi connectivity index (χ2v) is 6.79. The van der Waals surface area contributed by atoms with Crippen LogP contribution in [0.15, 0.2) is 47.1 Å². The van der Waals surface area contributed by atoms with Crippen molar-refractivity contribution >= 4 is 17.3 Å². The Labute approximate surface area is 142 Å². The van der Waals surface area contributed by atoms with E-state index in [1.807, 2.05) is 24.3 Å². The van der Waals surface area contributed by atoms with Crippen molar-refractivity contribution in [3.8, 4) is 0 Å². The highest BCUT2D eigenvalue weighted by molar-refractivity contribution is 5.95. The third-order valence-corrected chi connectivity index (χ3v) is 5.04. The van der Waals surface area contributed by atoms with Crippen LogP contribution in [0.25, 0.3) is 0 Å². The third kappa shape index (κ3) is 3.17. The Balaban J connectivity index is 1.33. The van der Waals surface area contributed by atoms with E-state index in [1.54, 1.807) is 6.26 Å². The summed E-state index contributed by atoms with van der Waals surface area (Å²) < 4.78 is 5.39. The van der Waals surface area contributed by atoms with Gasteiger partial charge in [-0.05, 0) is 49.9 Å². The number of carbonyl (C=O) groups is 1. The average Bonchev–Trinajstić information content (AvgIpc) is 3.22. The fourth-order valence-electron chi connectivity index (χ4n) is 3.36. The summed E-state index contributed by atoms with van der Waals surface area (Å²) in [4.78, 5) is 17.1. The summed E-state index contributed by atoms with van der Waals surface area (Å²) in [5.41, 5.74) is 2.09. The average molecular weight is 325 g/mol. The maximum absolute atomic E-state index is 12.3. The number of anilines is 2. The van der Waals surface area contributed by atoms with Crippen molar-refractivity contribution in [3.05, 3.63) is 48.4 Å². The van der Waals surface area contributed by atoms with Gasteiger partial charge in [0.1, 0.15) is 5.76 Å². The Kier molecular flexibility index (Phi) is 4.02. The van der Waals surface area contributed by atoms with Crippen LogP contribution in [0.1, 0.15) is 18.1 Å². The summed E-state index contributed by atoms with van der Waals surface area (Å²) in [6.07, 6.45) is 2.54. The van der Waals surface area contributed by atoms with Crippen molar-refractivity contribution in [3.63, 3.8) is 0 Å². The maximum atomic E-state index is 12.3. The first-order valence-corrected chi connectivity index (χ1v) is 8.58. The van der Waals surface area contributed by atoms with Gasteiger partial charge in [-0.1, -0.05) is 0 Å². The molecule has 0 spiro atoms. The molecule has 126 valence electrons. The summed E-state index contributed by atoms with van der Waals surface area (Å²) in [6.45, 7) is 4.28. The van der Waals surface area contributed by atoms with Gasteiger partial charge in [-0.3, -0.25) is 4.79 Å². The molecule has 0 radical (unpaired) electrons. The number of likely N-dealkylation sites (N-methyl/N-ethyl adjacent to an activating group) is 1. The lowest BCUT2D eigenvalue weighted by atomic mass is 10.2. The van der Waals surface area contributed by atoms with Gasteiger partial charge in [-0.2, -0.15) is 0 Å². The van der Waals surface area contributed by atoms with Crippen molar-refractivity contribution in [2.24, 2.45) is 5.92 Å². The fourth-order valence-corrected chi connectivity index (χ4v) is 3.36. The highest BCUT2D eigenvalue weighted by Crippen LogP contribution is 2.48. The van der Waals surface area contributed by atoms with Crippen LogP contribution in [0.2, 0.25) is 0 Å². The minimum absolute atomic E-state index is 0.0356. The Morgan fingerprint density at radius 2 is 1.88 bits per heavy atom. The standard InChI is InChI=1S/C19H23N3O2/c1-21-8-10-22(11-9-21)15-6-4-14(5-7-15)20-19(23)17-13-16(17)18-3-2-12-24-18/h2-7,12,16-17H,8-11,13H2,1H3,(H,20,23)/t16-,17-/m0/s1. The molecule has 1 aromatic heterocycles.